The molecule has 1 N–H and O–H groups in total. The molecule has 7 heteroatoms. The summed E-state index contributed by atoms with van der Waals surface area (Å²) in [6, 6.07) is 10.9. The number of nitrogens with one attached hydrogen (secondary N) is 1. The quantitative estimate of drug-likeness (QED) is 0.866. The fraction of sp³-hybridized carbons (Fsp3) is 0.133. The van der Waals surface area contributed by atoms with Gasteiger partial charge < -0.3 is 10.1 Å². The van der Waals surface area contributed by atoms with Gasteiger partial charge in [-0.2, -0.15) is 13.2 Å². The van der Waals surface area contributed by atoms with Crippen LogP contribution in [0.5, 0.6) is 5.75 Å². The minimum absolute atomic E-state index is 0.0278. The summed E-state index contributed by atoms with van der Waals surface area (Å²) in [5.41, 5.74) is -0.187. The van der Waals surface area contributed by atoms with Crippen LogP contribution in [-0.4, -0.2) is 18.7 Å². The number of carbonyl (C=O) groups is 1. The Labute approximate surface area is 123 Å². The summed E-state index contributed by atoms with van der Waals surface area (Å²) >= 11 is 0. The van der Waals surface area contributed by atoms with Crippen molar-refractivity contribution < 1.29 is 27.1 Å². The number of anilines is 1. The molecule has 22 heavy (non-hydrogen) atoms. The van der Waals surface area contributed by atoms with Crippen LogP contribution in [0.1, 0.15) is 10.4 Å². The normalized spacial score (nSPS) is 11.1. The summed E-state index contributed by atoms with van der Waals surface area (Å²) in [6.07, 6.45) is -4.50. The zero-order chi connectivity index (χ0) is 16.2. The van der Waals surface area contributed by atoms with Crippen LogP contribution >= 0.6 is 0 Å². The summed E-state index contributed by atoms with van der Waals surface area (Å²) in [4.78, 5) is 12.0. The van der Waals surface area contributed by atoms with Crippen molar-refractivity contribution in [2.75, 3.05) is 11.9 Å². The zero-order valence-electron chi connectivity index (χ0n) is 11.2. The molecular formula is C15H11F4NO2. The summed E-state index contributed by atoms with van der Waals surface area (Å²) in [7, 11) is 0. The Balaban J connectivity index is 2.16. The van der Waals surface area contributed by atoms with Gasteiger partial charge in [0.05, 0.1) is 11.3 Å². The number of carbonyl (C=O) groups excluding carboxylic acids is 1. The first-order valence-corrected chi connectivity index (χ1v) is 6.21. The molecule has 0 aliphatic rings. The van der Waals surface area contributed by atoms with Crippen molar-refractivity contribution in [1.29, 1.82) is 0 Å². The lowest BCUT2D eigenvalue weighted by atomic mass is 10.2. The standard InChI is InChI=1S/C15H11F4NO2/c16-11-6-2-1-5-10(11)14(21)20-12-7-3-4-8-13(12)22-9-15(17,18)19/h1-8H,9H2,(H,20,21). The first-order valence-electron chi connectivity index (χ1n) is 6.21. The van der Waals surface area contributed by atoms with E-state index in [9.17, 15) is 22.4 Å². The number of hydrogen-bond donors (Lipinski definition) is 1. The van der Waals surface area contributed by atoms with Gasteiger partial charge in [-0.15, -0.1) is 0 Å². The number of halogens is 4. The molecule has 0 fully saturated rings. The van der Waals surface area contributed by atoms with Gasteiger partial charge in [0.25, 0.3) is 5.91 Å². The van der Waals surface area contributed by atoms with Gasteiger partial charge in [-0.25, -0.2) is 4.39 Å². The fourth-order valence-corrected chi connectivity index (χ4v) is 1.69. The maximum absolute atomic E-state index is 13.5. The highest BCUT2D eigenvalue weighted by molar-refractivity contribution is 6.05. The molecule has 0 aliphatic carbocycles. The predicted octanol–water partition coefficient (Wildman–Crippen LogP) is 4.02. The van der Waals surface area contributed by atoms with E-state index in [1.807, 2.05) is 0 Å². The number of amides is 1. The molecule has 0 spiro atoms. The van der Waals surface area contributed by atoms with Gasteiger partial charge >= 0.3 is 6.18 Å². The summed E-state index contributed by atoms with van der Waals surface area (Å²) in [5, 5.41) is 2.33. The molecular weight excluding hydrogens is 302 g/mol. The van der Waals surface area contributed by atoms with Gasteiger partial charge in [0.2, 0.25) is 0 Å². The lowest BCUT2D eigenvalue weighted by Gasteiger charge is -2.13. The number of alkyl halides is 3. The molecule has 0 radical (unpaired) electrons. The van der Waals surface area contributed by atoms with Crippen molar-refractivity contribution >= 4 is 11.6 Å². The van der Waals surface area contributed by atoms with Crippen molar-refractivity contribution in [3.8, 4) is 5.75 Å². The Hall–Kier alpha value is -2.57. The van der Waals surface area contributed by atoms with E-state index < -0.39 is 24.5 Å². The third-order valence-electron chi connectivity index (χ3n) is 2.65. The molecule has 2 rings (SSSR count). The molecule has 0 saturated carbocycles. The van der Waals surface area contributed by atoms with Crippen LogP contribution in [0, 0.1) is 5.82 Å². The maximum Gasteiger partial charge on any atom is 0.422 e. The number of benzene rings is 2. The van der Waals surface area contributed by atoms with E-state index in [0.29, 0.717) is 0 Å². The van der Waals surface area contributed by atoms with Crippen LogP contribution in [0.25, 0.3) is 0 Å². The molecule has 2 aromatic rings. The Morgan fingerprint density at radius 3 is 2.36 bits per heavy atom. The topological polar surface area (TPSA) is 38.3 Å². The monoisotopic (exact) mass is 313 g/mol. The highest BCUT2D eigenvalue weighted by Crippen LogP contribution is 2.27. The number of rotatable bonds is 4. The predicted molar refractivity (Wildman–Crippen MR) is 72.3 cm³/mol. The highest BCUT2D eigenvalue weighted by Gasteiger charge is 2.29. The SMILES string of the molecule is O=C(Nc1ccccc1OCC(F)(F)F)c1ccccc1F. The van der Waals surface area contributed by atoms with Crippen LogP contribution in [0.15, 0.2) is 48.5 Å². The van der Waals surface area contributed by atoms with Crippen LogP contribution in [0.2, 0.25) is 0 Å². The van der Waals surface area contributed by atoms with E-state index in [2.05, 4.69) is 10.1 Å². The zero-order valence-corrected chi connectivity index (χ0v) is 11.2. The number of para-hydroxylation sites is 2. The van der Waals surface area contributed by atoms with Crippen molar-refractivity contribution in [2.24, 2.45) is 0 Å². The molecule has 1 amide bonds. The first-order chi connectivity index (χ1) is 10.4. The molecule has 3 nitrogen and oxygen atoms in total. The Bertz CT molecular complexity index is 671. The lowest BCUT2D eigenvalue weighted by molar-refractivity contribution is -0.153. The van der Waals surface area contributed by atoms with E-state index in [4.69, 9.17) is 0 Å². The molecule has 0 atom stereocenters. The number of hydrogen-bond acceptors (Lipinski definition) is 2. The molecule has 0 bridgehead atoms. The van der Waals surface area contributed by atoms with E-state index in [1.54, 1.807) is 0 Å². The van der Waals surface area contributed by atoms with Crippen LogP contribution in [-0.2, 0) is 0 Å². The smallest absolute Gasteiger partial charge is 0.422 e. The second-order valence-electron chi connectivity index (χ2n) is 4.33. The third kappa shape index (κ3) is 4.21. The van der Waals surface area contributed by atoms with Gasteiger partial charge in [-0.3, -0.25) is 4.79 Å². The molecule has 0 saturated heterocycles. The molecule has 116 valence electrons. The minimum atomic E-state index is -4.50. The van der Waals surface area contributed by atoms with E-state index in [-0.39, 0.29) is 17.0 Å². The molecule has 2 aromatic carbocycles. The average Bonchev–Trinajstić information content (AvgIpc) is 2.46. The Kier molecular flexibility index (Phi) is 4.65. The van der Waals surface area contributed by atoms with E-state index >= 15 is 0 Å². The molecule has 0 unspecified atom stereocenters. The minimum Gasteiger partial charge on any atom is -0.482 e. The summed E-state index contributed by atoms with van der Waals surface area (Å²) in [6.45, 7) is -1.49. The van der Waals surface area contributed by atoms with Gasteiger partial charge in [0, 0.05) is 0 Å². The van der Waals surface area contributed by atoms with Crippen molar-refractivity contribution in [2.45, 2.75) is 6.18 Å². The Morgan fingerprint density at radius 1 is 1.05 bits per heavy atom. The van der Waals surface area contributed by atoms with Crippen molar-refractivity contribution in [1.82, 2.24) is 0 Å². The summed E-state index contributed by atoms with van der Waals surface area (Å²) < 4.78 is 54.7. The van der Waals surface area contributed by atoms with Crippen molar-refractivity contribution in [3.63, 3.8) is 0 Å². The average molecular weight is 313 g/mol. The lowest BCUT2D eigenvalue weighted by Crippen LogP contribution is -2.20. The summed E-state index contributed by atoms with van der Waals surface area (Å²) in [5.74, 6) is -1.65. The second-order valence-corrected chi connectivity index (χ2v) is 4.33. The van der Waals surface area contributed by atoms with Crippen LogP contribution in [0.4, 0.5) is 23.2 Å². The van der Waals surface area contributed by atoms with Gasteiger partial charge in [-0.1, -0.05) is 24.3 Å². The second kappa shape index (κ2) is 6.46. The highest BCUT2D eigenvalue weighted by atomic mass is 19.4. The van der Waals surface area contributed by atoms with E-state index in [0.717, 1.165) is 6.07 Å². The Morgan fingerprint density at radius 2 is 1.68 bits per heavy atom. The molecule has 0 aromatic heterocycles. The fourth-order valence-electron chi connectivity index (χ4n) is 1.69. The maximum atomic E-state index is 13.5. The van der Waals surface area contributed by atoms with Crippen LogP contribution in [0.3, 0.4) is 0 Å². The van der Waals surface area contributed by atoms with Crippen molar-refractivity contribution in [3.05, 3.63) is 59.9 Å². The number of ether oxygens (including phenoxy) is 1. The van der Waals surface area contributed by atoms with Gasteiger partial charge in [-0.05, 0) is 24.3 Å². The van der Waals surface area contributed by atoms with Crippen LogP contribution < -0.4 is 10.1 Å². The van der Waals surface area contributed by atoms with E-state index in [1.165, 1.54) is 42.5 Å². The molecule has 0 aliphatic heterocycles. The van der Waals surface area contributed by atoms with Gasteiger partial charge in [0.1, 0.15) is 11.6 Å². The largest absolute Gasteiger partial charge is 0.482 e. The molecule has 0 heterocycles. The third-order valence-corrected chi connectivity index (χ3v) is 2.65. The van der Waals surface area contributed by atoms with Gasteiger partial charge in [0.15, 0.2) is 6.61 Å². The first kappa shape index (κ1) is 15.8.